The molecule has 0 heterocycles. The van der Waals surface area contributed by atoms with Gasteiger partial charge in [-0.3, -0.25) is 14.4 Å². The molecule has 0 aromatic carbocycles. The minimum atomic E-state index is -0.775. The van der Waals surface area contributed by atoms with Crippen molar-refractivity contribution in [3.63, 3.8) is 0 Å². The van der Waals surface area contributed by atoms with Crippen molar-refractivity contribution in [1.82, 2.24) is 0 Å². The van der Waals surface area contributed by atoms with Crippen LogP contribution in [0.4, 0.5) is 0 Å². The number of ether oxygens (including phenoxy) is 3. The minimum Gasteiger partial charge on any atom is -0.462 e. The van der Waals surface area contributed by atoms with E-state index in [-0.39, 0.29) is 31.1 Å². The summed E-state index contributed by atoms with van der Waals surface area (Å²) in [5.41, 5.74) is 0. The molecular formula is C65H112O6. The van der Waals surface area contributed by atoms with E-state index in [0.29, 0.717) is 19.3 Å². The zero-order valence-electron chi connectivity index (χ0n) is 46.7. The van der Waals surface area contributed by atoms with Gasteiger partial charge in [0.2, 0.25) is 0 Å². The monoisotopic (exact) mass is 989 g/mol. The van der Waals surface area contributed by atoms with Gasteiger partial charge in [0.15, 0.2) is 6.10 Å². The standard InChI is InChI=1S/C65H112O6/c1-4-7-10-13-16-19-22-23-24-25-26-27-28-29-30-31-32-33-34-35-36-37-38-39-40-41-42-43-44-47-49-52-55-58-64(67)70-61-62(71-65(68)59-56-53-50-46-21-18-15-12-9-6-3)60-69-63(66)57-54-51-48-45-20-17-14-11-8-5-2/h7,10,12,15-16,19,23-24,26-27,29-30,32-33,62H,4-6,8-9,11,13-14,17-18,20-22,25,28,31,34-61H2,1-3H3/b10-7-,15-12-,19-16-,24-23-,27-26-,30-29-,33-32-. The fourth-order valence-corrected chi connectivity index (χ4v) is 8.39. The first-order chi connectivity index (χ1) is 35.0. The van der Waals surface area contributed by atoms with Gasteiger partial charge in [0, 0.05) is 19.3 Å². The smallest absolute Gasteiger partial charge is 0.306 e. The van der Waals surface area contributed by atoms with Gasteiger partial charge in [0.1, 0.15) is 13.2 Å². The number of rotatable bonds is 54. The van der Waals surface area contributed by atoms with Gasteiger partial charge in [0.05, 0.1) is 0 Å². The number of allylic oxidation sites excluding steroid dienone is 14. The summed E-state index contributed by atoms with van der Waals surface area (Å²) in [6, 6.07) is 0. The molecule has 0 N–H and O–H groups in total. The van der Waals surface area contributed by atoms with Crippen LogP contribution in [-0.4, -0.2) is 37.2 Å². The molecule has 0 aromatic rings. The number of hydrogen-bond donors (Lipinski definition) is 0. The fourth-order valence-electron chi connectivity index (χ4n) is 8.39. The first kappa shape index (κ1) is 67.6. The third-order valence-corrected chi connectivity index (χ3v) is 12.9. The molecule has 0 rings (SSSR count). The second kappa shape index (κ2) is 59.2. The molecule has 0 amide bonds. The molecule has 0 bridgehead atoms. The summed E-state index contributed by atoms with van der Waals surface area (Å²) in [6.45, 7) is 6.45. The molecule has 0 aliphatic carbocycles. The summed E-state index contributed by atoms with van der Waals surface area (Å²) >= 11 is 0. The van der Waals surface area contributed by atoms with E-state index in [1.807, 2.05) is 0 Å². The van der Waals surface area contributed by atoms with E-state index in [4.69, 9.17) is 14.2 Å². The van der Waals surface area contributed by atoms with Gasteiger partial charge in [-0.05, 0) is 89.9 Å². The maximum atomic E-state index is 12.8. The van der Waals surface area contributed by atoms with Gasteiger partial charge in [-0.2, -0.15) is 0 Å². The predicted octanol–water partition coefficient (Wildman–Crippen LogP) is 20.3. The Kier molecular flexibility index (Phi) is 56.3. The molecule has 0 aliphatic heterocycles. The quantitative estimate of drug-likeness (QED) is 0.0261. The Labute approximate surface area is 439 Å². The lowest BCUT2D eigenvalue weighted by Gasteiger charge is -2.18. The van der Waals surface area contributed by atoms with Gasteiger partial charge in [-0.1, -0.05) is 266 Å². The highest BCUT2D eigenvalue weighted by Crippen LogP contribution is 2.16. The molecule has 1 unspecified atom stereocenters. The number of hydrogen-bond acceptors (Lipinski definition) is 6. The van der Waals surface area contributed by atoms with Crippen LogP contribution < -0.4 is 0 Å². The van der Waals surface area contributed by atoms with Crippen LogP contribution in [0.3, 0.4) is 0 Å². The van der Waals surface area contributed by atoms with Gasteiger partial charge in [-0.15, -0.1) is 0 Å². The Bertz CT molecular complexity index is 1370. The second-order valence-corrected chi connectivity index (χ2v) is 19.9. The molecule has 0 saturated carbocycles. The molecule has 6 heteroatoms. The average Bonchev–Trinajstić information content (AvgIpc) is 3.37. The van der Waals surface area contributed by atoms with Crippen molar-refractivity contribution in [2.45, 2.75) is 297 Å². The molecule has 6 nitrogen and oxygen atoms in total. The highest BCUT2D eigenvalue weighted by molar-refractivity contribution is 5.71. The molecule has 408 valence electrons. The van der Waals surface area contributed by atoms with Crippen LogP contribution >= 0.6 is 0 Å². The molecule has 71 heavy (non-hydrogen) atoms. The van der Waals surface area contributed by atoms with Crippen molar-refractivity contribution >= 4 is 17.9 Å². The van der Waals surface area contributed by atoms with Gasteiger partial charge in [0.25, 0.3) is 0 Å². The fraction of sp³-hybridized carbons (Fsp3) is 0.738. The van der Waals surface area contributed by atoms with Crippen LogP contribution in [0.2, 0.25) is 0 Å². The Morgan fingerprint density at radius 2 is 0.577 bits per heavy atom. The van der Waals surface area contributed by atoms with Gasteiger partial charge >= 0.3 is 17.9 Å². The molecule has 0 fully saturated rings. The van der Waals surface area contributed by atoms with E-state index in [1.54, 1.807) is 0 Å². The van der Waals surface area contributed by atoms with E-state index in [2.05, 4.69) is 106 Å². The van der Waals surface area contributed by atoms with Crippen LogP contribution in [0.5, 0.6) is 0 Å². The first-order valence-corrected chi connectivity index (χ1v) is 30.1. The van der Waals surface area contributed by atoms with Crippen LogP contribution in [0.1, 0.15) is 290 Å². The van der Waals surface area contributed by atoms with Gasteiger partial charge in [-0.25, -0.2) is 0 Å². The van der Waals surface area contributed by atoms with E-state index in [9.17, 15) is 14.4 Å². The summed E-state index contributed by atoms with van der Waals surface area (Å²) in [5.74, 6) is -0.883. The van der Waals surface area contributed by atoms with Crippen molar-refractivity contribution in [1.29, 1.82) is 0 Å². The summed E-state index contributed by atoms with van der Waals surface area (Å²) in [7, 11) is 0. The first-order valence-electron chi connectivity index (χ1n) is 30.1. The lowest BCUT2D eigenvalue weighted by atomic mass is 10.0. The Morgan fingerprint density at radius 1 is 0.296 bits per heavy atom. The predicted molar refractivity (Wildman–Crippen MR) is 307 cm³/mol. The lowest BCUT2D eigenvalue weighted by Crippen LogP contribution is -2.30. The largest absolute Gasteiger partial charge is 0.462 e. The van der Waals surface area contributed by atoms with Crippen molar-refractivity contribution in [2.75, 3.05) is 13.2 Å². The molecule has 1 atom stereocenters. The molecular weight excluding hydrogens is 877 g/mol. The third kappa shape index (κ3) is 57.4. The van der Waals surface area contributed by atoms with Crippen LogP contribution in [0.25, 0.3) is 0 Å². The number of esters is 3. The second-order valence-electron chi connectivity index (χ2n) is 19.9. The van der Waals surface area contributed by atoms with Crippen molar-refractivity contribution in [3.05, 3.63) is 85.1 Å². The summed E-state index contributed by atoms with van der Waals surface area (Å²) < 4.78 is 16.8. The van der Waals surface area contributed by atoms with E-state index >= 15 is 0 Å². The van der Waals surface area contributed by atoms with Crippen LogP contribution in [0.15, 0.2) is 85.1 Å². The van der Waals surface area contributed by atoms with Crippen molar-refractivity contribution in [3.8, 4) is 0 Å². The zero-order valence-corrected chi connectivity index (χ0v) is 46.7. The van der Waals surface area contributed by atoms with E-state index in [1.165, 1.54) is 135 Å². The van der Waals surface area contributed by atoms with Gasteiger partial charge < -0.3 is 14.2 Å². The summed E-state index contributed by atoms with van der Waals surface area (Å²) in [6.07, 6.45) is 77.5. The van der Waals surface area contributed by atoms with Crippen LogP contribution in [-0.2, 0) is 28.6 Å². The number of carbonyl (C=O) groups is 3. The summed E-state index contributed by atoms with van der Waals surface area (Å²) in [5, 5.41) is 0. The highest BCUT2D eigenvalue weighted by Gasteiger charge is 2.19. The van der Waals surface area contributed by atoms with Crippen LogP contribution in [0, 0.1) is 0 Å². The molecule has 0 saturated heterocycles. The van der Waals surface area contributed by atoms with E-state index < -0.39 is 6.10 Å². The maximum Gasteiger partial charge on any atom is 0.306 e. The molecule has 0 aromatic heterocycles. The van der Waals surface area contributed by atoms with E-state index in [0.717, 1.165) is 116 Å². The maximum absolute atomic E-state index is 12.8. The topological polar surface area (TPSA) is 78.9 Å². The molecule has 0 aliphatic rings. The van der Waals surface area contributed by atoms with Crippen molar-refractivity contribution < 1.29 is 28.6 Å². The molecule has 0 spiro atoms. The number of unbranched alkanes of at least 4 members (excludes halogenated alkanes) is 29. The lowest BCUT2D eigenvalue weighted by molar-refractivity contribution is -0.167. The Hall–Kier alpha value is -3.41. The minimum absolute atomic E-state index is 0.0759. The number of carbonyl (C=O) groups excluding carboxylic acids is 3. The average molecular weight is 990 g/mol. The SMILES string of the molecule is CC/C=C\C/C=C\C/C=C\C/C=C\C/C=C\C/C=C\CCCCCCCCCCCCCCCCC(=O)OCC(COC(=O)CCCCCCCCCCCC)OC(=O)CCCCCCC/C=C\CCC. The third-order valence-electron chi connectivity index (χ3n) is 12.9. The molecule has 0 radical (unpaired) electrons. The van der Waals surface area contributed by atoms with Crippen molar-refractivity contribution in [2.24, 2.45) is 0 Å². The summed E-state index contributed by atoms with van der Waals surface area (Å²) in [4.78, 5) is 38.0. The zero-order chi connectivity index (χ0) is 51.4. The highest BCUT2D eigenvalue weighted by atomic mass is 16.6. The Balaban J connectivity index is 4.04. The normalized spacial score (nSPS) is 12.7. The Morgan fingerprint density at radius 3 is 0.930 bits per heavy atom.